The van der Waals surface area contributed by atoms with Gasteiger partial charge in [-0.2, -0.15) is 0 Å². The summed E-state index contributed by atoms with van der Waals surface area (Å²) in [4.78, 5) is 1.42. The Morgan fingerprint density at radius 1 is 1.38 bits per heavy atom. The van der Waals surface area contributed by atoms with E-state index in [0.717, 1.165) is 28.6 Å². The van der Waals surface area contributed by atoms with Gasteiger partial charge in [-0.05, 0) is 62.4 Å². The third-order valence-corrected chi connectivity index (χ3v) is 5.19. The van der Waals surface area contributed by atoms with Gasteiger partial charge in [0.05, 0.1) is 22.7 Å². The second-order valence-corrected chi connectivity index (χ2v) is 7.22. The van der Waals surface area contributed by atoms with Gasteiger partial charge < -0.3 is 10.1 Å². The monoisotopic (exact) mass is 321 g/mol. The summed E-state index contributed by atoms with van der Waals surface area (Å²) in [6.45, 7) is 4.78. The van der Waals surface area contributed by atoms with Crippen LogP contribution in [0.15, 0.2) is 24.3 Å². The van der Waals surface area contributed by atoms with Gasteiger partial charge >= 0.3 is 0 Å². The third kappa shape index (κ3) is 3.19. The summed E-state index contributed by atoms with van der Waals surface area (Å²) in [6.07, 6.45) is 3.49. The number of hydrogen-bond acceptors (Lipinski definition) is 3. The molecule has 1 heterocycles. The zero-order valence-electron chi connectivity index (χ0n) is 12.4. The summed E-state index contributed by atoms with van der Waals surface area (Å²) in [5.41, 5.74) is 3.65. The molecule has 0 fully saturated rings. The summed E-state index contributed by atoms with van der Waals surface area (Å²) in [5, 5.41) is 3.65. The standard InChI is InChI=1S/C17H20ClNOS/c1-3-20-15-9-11(2)7-8-14(15)19-13-5-4-6-16-12(13)10-17(18)21-16/h7-10,13,19H,3-6H2,1-2H3. The van der Waals surface area contributed by atoms with Gasteiger partial charge in [0.1, 0.15) is 5.75 Å². The van der Waals surface area contributed by atoms with Crippen molar-refractivity contribution in [1.82, 2.24) is 0 Å². The maximum Gasteiger partial charge on any atom is 0.142 e. The molecule has 0 radical (unpaired) electrons. The van der Waals surface area contributed by atoms with Crippen molar-refractivity contribution >= 4 is 28.6 Å². The van der Waals surface area contributed by atoms with Gasteiger partial charge in [0.15, 0.2) is 0 Å². The summed E-state index contributed by atoms with van der Waals surface area (Å²) >= 11 is 7.90. The van der Waals surface area contributed by atoms with E-state index in [1.807, 2.05) is 6.92 Å². The van der Waals surface area contributed by atoms with Gasteiger partial charge in [0.25, 0.3) is 0 Å². The van der Waals surface area contributed by atoms with Gasteiger partial charge in [-0.15, -0.1) is 11.3 Å². The van der Waals surface area contributed by atoms with Crippen LogP contribution in [0.3, 0.4) is 0 Å². The number of aryl methyl sites for hydroxylation is 2. The lowest BCUT2D eigenvalue weighted by Gasteiger charge is -2.25. The Morgan fingerprint density at radius 3 is 3.05 bits per heavy atom. The highest BCUT2D eigenvalue weighted by Gasteiger charge is 2.23. The van der Waals surface area contributed by atoms with Crippen molar-refractivity contribution in [3.05, 3.63) is 44.6 Å². The van der Waals surface area contributed by atoms with Crippen LogP contribution in [-0.2, 0) is 6.42 Å². The van der Waals surface area contributed by atoms with Crippen LogP contribution in [0.1, 0.15) is 41.8 Å². The molecule has 4 heteroatoms. The molecule has 0 bridgehead atoms. The fourth-order valence-corrected chi connectivity index (χ4v) is 4.27. The van der Waals surface area contributed by atoms with Crippen LogP contribution in [0, 0.1) is 6.92 Å². The lowest BCUT2D eigenvalue weighted by atomic mass is 9.94. The largest absolute Gasteiger partial charge is 0.492 e. The Morgan fingerprint density at radius 2 is 2.24 bits per heavy atom. The molecular formula is C17H20ClNOS. The van der Waals surface area contributed by atoms with Crippen molar-refractivity contribution < 1.29 is 4.74 Å². The minimum absolute atomic E-state index is 0.333. The predicted molar refractivity (Wildman–Crippen MR) is 91.0 cm³/mol. The zero-order chi connectivity index (χ0) is 14.8. The summed E-state index contributed by atoms with van der Waals surface area (Å²) in [5.74, 6) is 0.936. The van der Waals surface area contributed by atoms with Crippen molar-refractivity contribution in [3.8, 4) is 5.75 Å². The van der Waals surface area contributed by atoms with E-state index in [1.165, 1.54) is 22.4 Å². The normalized spacial score (nSPS) is 17.4. The number of benzene rings is 1. The number of hydrogen-bond donors (Lipinski definition) is 1. The van der Waals surface area contributed by atoms with Crippen LogP contribution in [-0.4, -0.2) is 6.61 Å². The second kappa shape index (κ2) is 6.29. The average molecular weight is 322 g/mol. The van der Waals surface area contributed by atoms with E-state index < -0.39 is 0 Å². The Labute approximate surface area is 135 Å². The Hall–Kier alpha value is -1.19. The molecule has 1 aromatic heterocycles. The molecule has 0 spiro atoms. The predicted octanol–water partition coefficient (Wildman–Crippen LogP) is 5.60. The van der Waals surface area contributed by atoms with Crippen LogP contribution >= 0.6 is 22.9 Å². The van der Waals surface area contributed by atoms with Crippen molar-refractivity contribution in [2.45, 2.75) is 39.2 Å². The van der Waals surface area contributed by atoms with Crippen LogP contribution < -0.4 is 10.1 Å². The number of rotatable bonds is 4. The minimum atomic E-state index is 0.333. The van der Waals surface area contributed by atoms with E-state index in [-0.39, 0.29) is 0 Å². The highest BCUT2D eigenvalue weighted by atomic mass is 35.5. The van der Waals surface area contributed by atoms with Gasteiger partial charge in [-0.1, -0.05) is 17.7 Å². The van der Waals surface area contributed by atoms with E-state index >= 15 is 0 Å². The van der Waals surface area contributed by atoms with Crippen molar-refractivity contribution in [2.75, 3.05) is 11.9 Å². The molecular weight excluding hydrogens is 302 g/mol. The number of fused-ring (bicyclic) bond motifs is 1. The molecule has 1 aliphatic carbocycles. The molecule has 1 atom stereocenters. The molecule has 1 N–H and O–H groups in total. The first-order valence-electron chi connectivity index (χ1n) is 7.45. The SMILES string of the molecule is CCOc1cc(C)ccc1NC1CCCc2sc(Cl)cc21. The topological polar surface area (TPSA) is 21.3 Å². The molecule has 1 unspecified atom stereocenters. The molecule has 0 aliphatic heterocycles. The van der Waals surface area contributed by atoms with Crippen LogP contribution in [0.25, 0.3) is 0 Å². The fourth-order valence-electron chi connectivity index (χ4n) is 2.88. The van der Waals surface area contributed by atoms with Gasteiger partial charge in [0, 0.05) is 4.88 Å². The molecule has 0 saturated carbocycles. The molecule has 3 rings (SSSR count). The van der Waals surface area contributed by atoms with Crippen LogP contribution in [0.2, 0.25) is 4.34 Å². The van der Waals surface area contributed by atoms with E-state index in [1.54, 1.807) is 11.3 Å². The van der Waals surface area contributed by atoms with E-state index in [4.69, 9.17) is 16.3 Å². The van der Waals surface area contributed by atoms with Crippen molar-refractivity contribution in [2.24, 2.45) is 0 Å². The van der Waals surface area contributed by atoms with Gasteiger partial charge in [-0.3, -0.25) is 0 Å². The molecule has 2 aromatic rings. The first-order chi connectivity index (χ1) is 10.2. The summed E-state index contributed by atoms with van der Waals surface area (Å²) in [6, 6.07) is 8.78. The van der Waals surface area contributed by atoms with E-state index in [2.05, 4.69) is 36.5 Å². The summed E-state index contributed by atoms with van der Waals surface area (Å²) in [7, 11) is 0. The highest BCUT2D eigenvalue weighted by Crippen LogP contribution is 2.40. The number of anilines is 1. The molecule has 0 amide bonds. The molecule has 21 heavy (non-hydrogen) atoms. The first kappa shape index (κ1) is 14.7. The Kier molecular flexibility index (Phi) is 4.41. The number of ether oxygens (including phenoxy) is 1. The first-order valence-corrected chi connectivity index (χ1v) is 8.65. The lowest BCUT2D eigenvalue weighted by Crippen LogP contribution is -2.16. The van der Waals surface area contributed by atoms with Crippen molar-refractivity contribution in [1.29, 1.82) is 0 Å². The second-order valence-electron chi connectivity index (χ2n) is 5.45. The maximum atomic E-state index is 6.19. The molecule has 112 valence electrons. The van der Waals surface area contributed by atoms with Crippen molar-refractivity contribution in [3.63, 3.8) is 0 Å². The average Bonchev–Trinajstić information content (AvgIpc) is 2.83. The van der Waals surface area contributed by atoms with Crippen LogP contribution in [0.4, 0.5) is 5.69 Å². The smallest absolute Gasteiger partial charge is 0.142 e. The highest BCUT2D eigenvalue weighted by molar-refractivity contribution is 7.16. The van der Waals surface area contributed by atoms with Crippen LogP contribution in [0.5, 0.6) is 5.75 Å². The Balaban J connectivity index is 1.87. The van der Waals surface area contributed by atoms with E-state index in [0.29, 0.717) is 12.6 Å². The van der Waals surface area contributed by atoms with Gasteiger partial charge in [0.2, 0.25) is 0 Å². The number of nitrogens with one attached hydrogen (secondary N) is 1. The van der Waals surface area contributed by atoms with Gasteiger partial charge in [-0.25, -0.2) is 0 Å². The van der Waals surface area contributed by atoms with E-state index in [9.17, 15) is 0 Å². The fraction of sp³-hybridized carbons (Fsp3) is 0.412. The molecule has 0 saturated heterocycles. The molecule has 2 nitrogen and oxygen atoms in total. The molecule has 1 aromatic carbocycles. The minimum Gasteiger partial charge on any atom is -0.492 e. The number of halogens is 1. The maximum absolute atomic E-state index is 6.19. The quantitative estimate of drug-likeness (QED) is 0.791. The molecule has 1 aliphatic rings. The Bertz CT molecular complexity index is 638. The third-order valence-electron chi connectivity index (χ3n) is 3.85. The number of thiophene rings is 1. The zero-order valence-corrected chi connectivity index (χ0v) is 14.0. The summed E-state index contributed by atoms with van der Waals surface area (Å²) < 4.78 is 6.66. The lowest BCUT2D eigenvalue weighted by molar-refractivity contribution is 0.341.